The molecule has 0 bridgehead atoms. The molecule has 144 valence electrons. The molecule has 0 aromatic heterocycles. The van der Waals surface area contributed by atoms with Crippen LogP contribution in [0.3, 0.4) is 0 Å². The molecule has 0 spiro atoms. The number of amides is 1. The lowest BCUT2D eigenvalue weighted by molar-refractivity contribution is -0.0173. The highest BCUT2D eigenvalue weighted by molar-refractivity contribution is 8.13. The highest BCUT2D eigenvalue weighted by atomic mass is 32.2. The van der Waals surface area contributed by atoms with Gasteiger partial charge in [0.2, 0.25) is 0 Å². The van der Waals surface area contributed by atoms with Crippen LogP contribution in [0.2, 0.25) is 0 Å². The third-order valence-corrected chi connectivity index (χ3v) is 5.17. The first-order valence-electron chi connectivity index (χ1n) is 8.45. The van der Waals surface area contributed by atoms with E-state index in [1.807, 2.05) is 0 Å². The van der Waals surface area contributed by atoms with Crippen LogP contribution in [-0.2, 0) is 15.2 Å². The van der Waals surface area contributed by atoms with Gasteiger partial charge in [0.05, 0.1) is 6.61 Å². The second-order valence-electron chi connectivity index (χ2n) is 7.24. The van der Waals surface area contributed by atoms with Crippen LogP contribution in [0.4, 0.5) is 14.9 Å². The van der Waals surface area contributed by atoms with Gasteiger partial charge in [-0.05, 0) is 50.9 Å². The van der Waals surface area contributed by atoms with Gasteiger partial charge in [-0.3, -0.25) is 5.32 Å². The fraction of sp³-hybridized carbons (Fsp3) is 0.529. The number of halogens is 1. The fourth-order valence-corrected chi connectivity index (χ4v) is 4.17. The minimum Gasteiger partial charge on any atom is -0.444 e. The number of hydrogen-bond donors (Lipinski definition) is 1. The first-order chi connectivity index (χ1) is 12.7. The molecular weight excluding hydrogens is 373 g/mol. The standard InChI is InChI=1S/C17H20FN5O3S/c1-16(2,3)26-15(24)20-14-21-17(10(9-27-14)6-7-25-17)12-8-11(22-23-19)4-5-13(12)18/h4-5,8,10H,6-7,9H2,1-3H3,(H,20,21,24)/t10-,17+/m0/s1. The van der Waals surface area contributed by atoms with Crippen molar-refractivity contribution in [3.05, 3.63) is 40.0 Å². The predicted molar refractivity (Wildman–Crippen MR) is 100 cm³/mol. The lowest BCUT2D eigenvalue weighted by Gasteiger charge is -2.35. The number of benzene rings is 1. The molecule has 1 fully saturated rings. The molecule has 2 atom stereocenters. The summed E-state index contributed by atoms with van der Waals surface area (Å²) in [6.45, 7) is 5.70. The quantitative estimate of drug-likeness (QED) is 0.450. The number of thioether (sulfide) groups is 1. The molecule has 1 N–H and O–H groups in total. The van der Waals surface area contributed by atoms with Gasteiger partial charge >= 0.3 is 6.09 Å². The topological polar surface area (TPSA) is 109 Å². The smallest absolute Gasteiger partial charge is 0.413 e. The highest BCUT2D eigenvalue weighted by Crippen LogP contribution is 2.48. The molecule has 8 nitrogen and oxygen atoms in total. The van der Waals surface area contributed by atoms with Gasteiger partial charge in [0, 0.05) is 27.8 Å². The average Bonchev–Trinajstić information content (AvgIpc) is 2.99. The van der Waals surface area contributed by atoms with E-state index < -0.39 is 23.2 Å². The van der Waals surface area contributed by atoms with E-state index in [0.29, 0.717) is 23.9 Å². The summed E-state index contributed by atoms with van der Waals surface area (Å²) >= 11 is 1.36. The van der Waals surface area contributed by atoms with Crippen LogP contribution in [-0.4, -0.2) is 29.2 Å². The number of azide groups is 1. The molecule has 1 amide bonds. The summed E-state index contributed by atoms with van der Waals surface area (Å²) in [7, 11) is 0. The monoisotopic (exact) mass is 393 g/mol. The molecule has 27 heavy (non-hydrogen) atoms. The Kier molecular flexibility index (Phi) is 5.32. The molecule has 0 aliphatic carbocycles. The number of fused-ring (bicyclic) bond motifs is 1. The van der Waals surface area contributed by atoms with Gasteiger partial charge in [-0.1, -0.05) is 16.9 Å². The number of amidine groups is 1. The van der Waals surface area contributed by atoms with Crippen molar-refractivity contribution in [3.63, 3.8) is 0 Å². The Morgan fingerprint density at radius 2 is 2.33 bits per heavy atom. The Labute approximate surface area is 160 Å². The maximum absolute atomic E-state index is 14.6. The van der Waals surface area contributed by atoms with Crippen molar-refractivity contribution in [3.8, 4) is 0 Å². The molecule has 2 aliphatic heterocycles. The molecule has 0 radical (unpaired) electrons. The van der Waals surface area contributed by atoms with E-state index in [1.165, 1.54) is 30.0 Å². The van der Waals surface area contributed by atoms with E-state index in [-0.39, 0.29) is 17.2 Å². The third-order valence-electron chi connectivity index (χ3n) is 4.13. The zero-order chi connectivity index (χ0) is 19.7. The number of ether oxygens (including phenoxy) is 2. The zero-order valence-corrected chi connectivity index (χ0v) is 16.0. The molecule has 10 heteroatoms. The molecule has 1 aromatic rings. The Hall–Kier alpha value is -2.29. The Balaban J connectivity index is 1.97. The van der Waals surface area contributed by atoms with E-state index in [9.17, 15) is 9.18 Å². The van der Waals surface area contributed by atoms with Crippen LogP contribution < -0.4 is 5.32 Å². The lowest BCUT2D eigenvalue weighted by atomic mass is 9.89. The number of rotatable bonds is 2. The van der Waals surface area contributed by atoms with Crippen molar-refractivity contribution >= 4 is 28.7 Å². The van der Waals surface area contributed by atoms with Gasteiger partial charge in [0.25, 0.3) is 0 Å². The predicted octanol–water partition coefficient (Wildman–Crippen LogP) is 4.58. The average molecular weight is 393 g/mol. The number of hydrogen-bond acceptors (Lipinski definition) is 6. The molecule has 0 unspecified atom stereocenters. The van der Waals surface area contributed by atoms with Crippen molar-refractivity contribution in [2.75, 3.05) is 12.4 Å². The van der Waals surface area contributed by atoms with Gasteiger partial charge < -0.3 is 9.47 Å². The maximum atomic E-state index is 14.6. The molecule has 1 aromatic carbocycles. The Bertz CT molecular complexity index is 834. The number of carbonyl (C=O) groups is 1. The molecule has 0 saturated carbocycles. The largest absolute Gasteiger partial charge is 0.444 e. The third kappa shape index (κ3) is 4.18. The van der Waals surface area contributed by atoms with Gasteiger partial charge in [0.1, 0.15) is 11.4 Å². The molecule has 3 rings (SSSR count). The molecule has 1 saturated heterocycles. The summed E-state index contributed by atoms with van der Waals surface area (Å²) in [6, 6.07) is 4.06. The summed E-state index contributed by atoms with van der Waals surface area (Å²) in [5.74, 6) is 0.0216. The summed E-state index contributed by atoms with van der Waals surface area (Å²) in [6.07, 6.45) is 0.0742. The minimum absolute atomic E-state index is 0.0671. The van der Waals surface area contributed by atoms with E-state index in [4.69, 9.17) is 15.0 Å². The summed E-state index contributed by atoms with van der Waals surface area (Å²) in [5.41, 5.74) is 7.20. The summed E-state index contributed by atoms with van der Waals surface area (Å²) in [4.78, 5) is 19.4. The van der Waals surface area contributed by atoms with Gasteiger partial charge in [-0.15, -0.1) is 0 Å². The number of alkyl carbamates (subject to hydrolysis) is 1. The van der Waals surface area contributed by atoms with E-state index >= 15 is 0 Å². The Morgan fingerprint density at radius 1 is 1.56 bits per heavy atom. The van der Waals surface area contributed by atoms with Crippen molar-refractivity contribution in [1.82, 2.24) is 5.32 Å². The minimum atomic E-state index is -1.26. The van der Waals surface area contributed by atoms with Crippen LogP contribution in [0.1, 0.15) is 32.8 Å². The van der Waals surface area contributed by atoms with Crippen LogP contribution >= 0.6 is 11.8 Å². The van der Waals surface area contributed by atoms with E-state index in [0.717, 1.165) is 0 Å². The Morgan fingerprint density at radius 3 is 3.04 bits per heavy atom. The zero-order valence-electron chi connectivity index (χ0n) is 15.2. The highest BCUT2D eigenvalue weighted by Gasteiger charge is 2.50. The van der Waals surface area contributed by atoms with Crippen molar-refractivity contribution in [1.29, 1.82) is 0 Å². The lowest BCUT2D eigenvalue weighted by Crippen LogP contribution is -2.42. The number of nitrogens with zero attached hydrogens (tertiary/aromatic N) is 4. The van der Waals surface area contributed by atoms with E-state index in [2.05, 4.69) is 20.3 Å². The molecule has 2 heterocycles. The normalized spacial score (nSPS) is 24.4. The van der Waals surface area contributed by atoms with Crippen LogP contribution in [0, 0.1) is 11.7 Å². The summed E-state index contributed by atoms with van der Waals surface area (Å²) < 4.78 is 25.8. The number of nitrogens with one attached hydrogen (secondary N) is 1. The molecular formula is C17H20FN5O3S. The van der Waals surface area contributed by atoms with Gasteiger partial charge in [0.15, 0.2) is 10.9 Å². The number of carbonyl (C=O) groups excluding carboxylic acids is 1. The van der Waals surface area contributed by atoms with Crippen molar-refractivity contribution in [2.24, 2.45) is 16.0 Å². The maximum Gasteiger partial charge on any atom is 0.413 e. The van der Waals surface area contributed by atoms with Gasteiger partial charge in [-0.2, -0.15) is 0 Å². The van der Waals surface area contributed by atoms with Crippen molar-refractivity contribution < 1.29 is 18.7 Å². The first-order valence-corrected chi connectivity index (χ1v) is 9.44. The first kappa shape index (κ1) is 19.5. The van der Waals surface area contributed by atoms with Crippen molar-refractivity contribution in [2.45, 2.75) is 38.5 Å². The van der Waals surface area contributed by atoms with Crippen LogP contribution in [0.5, 0.6) is 0 Å². The second-order valence-corrected chi connectivity index (χ2v) is 8.25. The van der Waals surface area contributed by atoms with E-state index in [1.54, 1.807) is 20.8 Å². The van der Waals surface area contributed by atoms with Crippen LogP contribution in [0.25, 0.3) is 10.4 Å². The second kappa shape index (κ2) is 7.38. The van der Waals surface area contributed by atoms with Crippen LogP contribution in [0.15, 0.2) is 28.3 Å². The SMILES string of the molecule is CC(C)(C)OC(=O)NC1=N[C@@]2(c3cc(N=[N+]=[N-])ccc3F)OCC[C@H]2CS1. The fourth-order valence-electron chi connectivity index (χ4n) is 3.07. The van der Waals surface area contributed by atoms with Gasteiger partial charge in [-0.25, -0.2) is 14.2 Å². The summed E-state index contributed by atoms with van der Waals surface area (Å²) in [5, 5.41) is 6.45. The molecule has 2 aliphatic rings. The number of aliphatic imine (C=N–C) groups is 1.